The van der Waals surface area contributed by atoms with E-state index in [1.54, 1.807) is 0 Å². The third kappa shape index (κ3) is 3.68. The summed E-state index contributed by atoms with van der Waals surface area (Å²) < 4.78 is 28.3. The number of aromatic nitrogens is 4. The van der Waals surface area contributed by atoms with Crippen LogP contribution in [0.2, 0.25) is 0 Å². The summed E-state index contributed by atoms with van der Waals surface area (Å²) in [4.78, 5) is 29.1. The molecule has 0 bridgehead atoms. The van der Waals surface area contributed by atoms with Gasteiger partial charge in [-0.1, -0.05) is 5.16 Å². The predicted octanol–water partition coefficient (Wildman–Crippen LogP) is -1.44. The van der Waals surface area contributed by atoms with Crippen LogP contribution in [0.15, 0.2) is 20.3 Å². The first-order valence-corrected chi connectivity index (χ1v) is 8.30. The average Bonchev–Trinajstić information content (AvgIpc) is 2.89. The highest BCUT2D eigenvalue weighted by Gasteiger charge is 2.19. The van der Waals surface area contributed by atoms with Crippen LogP contribution in [0.3, 0.4) is 0 Å². The Morgan fingerprint density at radius 2 is 2.14 bits per heavy atom. The second-order valence-corrected chi connectivity index (χ2v) is 7.15. The van der Waals surface area contributed by atoms with Crippen LogP contribution in [0.25, 0.3) is 11.4 Å². The van der Waals surface area contributed by atoms with Crippen molar-refractivity contribution >= 4 is 9.84 Å². The van der Waals surface area contributed by atoms with Crippen LogP contribution in [-0.2, 0) is 16.9 Å². The molecule has 0 fully saturated rings. The number of rotatable bonds is 5. The number of aryl methyl sites for hydroxylation is 1. The maximum atomic E-state index is 11.7. The van der Waals surface area contributed by atoms with Crippen LogP contribution in [0.1, 0.15) is 18.4 Å². The van der Waals surface area contributed by atoms with Crippen molar-refractivity contribution < 1.29 is 12.9 Å². The van der Waals surface area contributed by atoms with Gasteiger partial charge in [-0.3, -0.25) is 9.78 Å². The predicted molar refractivity (Wildman–Crippen MR) is 76.9 cm³/mol. The van der Waals surface area contributed by atoms with Crippen molar-refractivity contribution in [2.45, 2.75) is 12.5 Å². The molecular formula is C11H15N5O5S. The van der Waals surface area contributed by atoms with Gasteiger partial charge in [0.25, 0.3) is 5.56 Å². The summed E-state index contributed by atoms with van der Waals surface area (Å²) in [5.41, 5.74) is 4.61. The zero-order valence-electron chi connectivity index (χ0n) is 11.9. The van der Waals surface area contributed by atoms with Crippen molar-refractivity contribution in [1.82, 2.24) is 19.7 Å². The zero-order valence-corrected chi connectivity index (χ0v) is 12.8. The van der Waals surface area contributed by atoms with Crippen molar-refractivity contribution in [3.8, 4) is 11.4 Å². The van der Waals surface area contributed by atoms with Gasteiger partial charge in [-0.2, -0.15) is 4.98 Å². The summed E-state index contributed by atoms with van der Waals surface area (Å²) in [6, 6.07) is -0.761. The molecule has 2 aromatic rings. The first-order valence-electron chi connectivity index (χ1n) is 6.24. The molecule has 0 saturated heterocycles. The van der Waals surface area contributed by atoms with Crippen molar-refractivity contribution in [2.24, 2.45) is 12.8 Å². The summed E-state index contributed by atoms with van der Waals surface area (Å²) in [5, 5.41) is 3.63. The Bertz CT molecular complexity index is 894. The minimum atomic E-state index is -3.15. The van der Waals surface area contributed by atoms with Gasteiger partial charge in [0.2, 0.25) is 11.7 Å². The molecular weight excluding hydrogens is 314 g/mol. The molecule has 2 heterocycles. The monoisotopic (exact) mass is 329 g/mol. The van der Waals surface area contributed by atoms with Gasteiger partial charge in [0.15, 0.2) is 0 Å². The molecule has 0 aliphatic carbocycles. The van der Waals surface area contributed by atoms with Gasteiger partial charge < -0.3 is 14.8 Å². The highest BCUT2D eigenvalue weighted by molar-refractivity contribution is 7.90. The molecule has 0 spiro atoms. The van der Waals surface area contributed by atoms with Crippen LogP contribution in [0.4, 0.5) is 0 Å². The van der Waals surface area contributed by atoms with Crippen LogP contribution in [0, 0.1) is 0 Å². The van der Waals surface area contributed by atoms with E-state index >= 15 is 0 Å². The lowest BCUT2D eigenvalue weighted by Gasteiger charge is -2.04. The van der Waals surface area contributed by atoms with E-state index in [0.717, 1.165) is 10.8 Å². The number of hydrogen-bond acceptors (Lipinski definition) is 8. The van der Waals surface area contributed by atoms with E-state index in [-0.39, 0.29) is 29.5 Å². The van der Waals surface area contributed by atoms with E-state index in [4.69, 9.17) is 10.3 Å². The molecule has 3 N–H and O–H groups in total. The van der Waals surface area contributed by atoms with E-state index in [2.05, 4.69) is 15.1 Å². The van der Waals surface area contributed by atoms with E-state index in [1.165, 1.54) is 13.2 Å². The largest absolute Gasteiger partial charge is 0.337 e. The Kier molecular flexibility index (Phi) is 4.28. The molecule has 0 saturated carbocycles. The highest BCUT2D eigenvalue weighted by atomic mass is 32.2. The second kappa shape index (κ2) is 5.85. The molecule has 2 aromatic heterocycles. The molecule has 0 aliphatic rings. The summed E-state index contributed by atoms with van der Waals surface area (Å²) in [6.45, 7) is 0. The summed E-state index contributed by atoms with van der Waals surface area (Å²) in [7, 11) is -1.69. The topological polar surface area (TPSA) is 154 Å². The Morgan fingerprint density at radius 1 is 1.45 bits per heavy atom. The number of hydrogen-bond donors (Lipinski definition) is 2. The van der Waals surface area contributed by atoms with E-state index < -0.39 is 27.1 Å². The molecule has 2 rings (SSSR count). The number of sulfone groups is 1. The van der Waals surface area contributed by atoms with Gasteiger partial charge in [0.1, 0.15) is 15.4 Å². The summed E-state index contributed by atoms with van der Waals surface area (Å²) >= 11 is 0. The van der Waals surface area contributed by atoms with Crippen LogP contribution >= 0.6 is 0 Å². The molecule has 0 unspecified atom stereocenters. The number of nitrogens with one attached hydrogen (secondary N) is 1. The smallest absolute Gasteiger partial charge is 0.328 e. The van der Waals surface area contributed by atoms with E-state index in [1.807, 2.05) is 0 Å². The summed E-state index contributed by atoms with van der Waals surface area (Å²) in [5.74, 6) is -0.125. The lowest BCUT2D eigenvalue weighted by molar-refractivity contribution is 0.352. The molecule has 1 atom stereocenters. The minimum absolute atomic E-state index is 0.0203. The fourth-order valence-corrected chi connectivity index (χ4v) is 2.36. The standard InChI is InChI=1S/C11H15N5O5S/c1-16-5-6(9(17)14-11(16)18)8-13-10(21-15-8)7(12)3-4-22(2,19)20/h5,7H,3-4,12H2,1-2H3,(H,14,17,18)/t7-/m0/s1. The van der Waals surface area contributed by atoms with Crippen molar-refractivity contribution in [1.29, 1.82) is 0 Å². The number of nitrogens with two attached hydrogens (primary N) is 1. The molecule has 0 aliphatic heterocycles. The number of nitrogens with zero attached hydrogens (tertiary/aromatic N) is 3. The maximum Gasteiger partial charge on any atom is 0.328 e. The van der Waals surface area contributed by atoms with Crippen molar-refractivity contribution in [2.75, 3.05) is 12.0 Å². The molecule has 0 aromatic carbocycles. The Balaban J connectivity index is 2.27. The van der Waals surface area contributed by atoms with Crippen LogP contribution in [0.5, 0.6) is 0 Å². The van der Waals surface area contributed by atoms with Crippen LogP contribution in [-0.4, -0.2) is 40.1 Å². The van der Waals surface area contributed by atoms with Crippen molar-refractivity contribution in [3.05, 3.63) is 32.9 Å². The van der Waals surface area contributed by atoms with Gasteiger partial charge >= 0.3 is 5.69 Å². The molecule has 11 heteroatoms. The summed E-state index contributed by atoms with van der Waals surface area (Å²) in [6.07, 6.45) is 2.49. The molecule has 22 heavy (non-hydrogen) atoms. The first-order chi connectivity index (χ1) is 10.2. The van der Waals surface area contributed by atoms with Gasteiger partial charge in [-0.15, -0.1) is 0 Å². The first kappa shape index (κ1) is 16.1. The number of H-pyrrole nitrogens is 1. The van der Waals surface area contributed by atoms with Crippen molar-refractivity contribution in [3.63, 3.8) is 0 Å². The van der Waals surface area contributed by atoms with Crippen LogP contribution < -0.4 is 17.0 Å². The quantitative estimate of drug-likeness (QED) is 0.676. The lowest BCUT2D eigenvalue weighted by atomic mass is 10.2. The zero-order chi connectivity index (χ0) is 16.5. The second-order valence-electron chi connectivity index (χ2n) is 4.89. The van der Waals surface area contributed by atoms with Gasteiger partial charge in [-0.05, 0) is 6.42 Å². The molecule has 0 amide bonds. The molecule has 10 nitrogen and oxygen atoms in total. The SMILES string of the molecule is Cn1cc(-c2noc([C@@H](N)CCS(C)(=O)=O)n2)c(=O)[nH]c1=O. The van der Waals surface area contributed by atoms with Gasteiger partial charge in [0.05, 0.1) is 11.8 Å². The maximum absolute atomic E-state index is 11.7. The minimum Gasteiger partial charge on any atom is -0.337 e. The Morgan fingerprint density at radius 3 is 2.77 bits per heavy atom. The third-order valence-corrected chi connectivity index (χ3v) is 3.88. The lowest BCUT2D eigenvalue weighted by Crippen LogP contribution is -2.28. The average molecular weight is 329 g/mol. The normalized spacial score (nSPS) is 13.2. The highest BCUT2D eigenvalue weighted by Crippen LogP contribution is 2.16. The van der Waals surface area contributed by atoms with E-state index in [9.17, 15) is 18.0 Å². The van der Waals surface area contributed by atoms with E-state index in [0.29, 0.717) is 0 Å². The fourth-order valence-electron chi connectivity index (χ4n) is 1.68. The fraction of sp³-hybridized carbons (Fsp3) is 0.455. The Hall–Kier alpha value is -2.27. The molecule has 0 radical (unpaired) electrons. The third-order valence-electron chi connectivity index (χ3n) is 2.91. The van der Waals surface area contributed by atoms with Gasteiger partial charge in [-0.25, -0.2) is 13.2 Å². The number of aromatic amines is 1. The molecule has 120 valence electrons. The van der Waals surface area contributed by atoms with Gasteiger partial charge in [0, 0.05) is 19.5 Å². The Labute approximate surface area is 124 Å².